The number of carbonyl (C=O) groups excluding carboxylic acids is 2. The van der Waals surface area contributed by atoms with Crippen LogP contribution in [0.3, 0.4) is 0 Å². The Kier molecular flexibility index (Phi) is 11.9. The maximum absolute atomic E-state index is 12.4. The molecule has 1 rings (SSSR count). The number of amides is 2. The van der Waals surface area contributed by atoms with Gasteiger partial charge in [0.2, 0.25) is 5.91 Å². The van der Waals surface area contributed by atoms with Crippen LogP contribution in [0.2, 0.25) is 0 Å². The molecule has 2 N–H and O–H groups in total. The van der Waals surface area contributed by atoms with Crippen LogP contribution in [0.5, 0.6) is 0 Å². The molecule has 1 aliphatic heterocycles. The van der Waals surface area contributed by atoms with Gasteiger partial charge in [-0.2, -0.15) is 0 Å². The van der Waals surface area contributed by atoms with E-state index in [1.165, 1.54) is 4.90 Å². The van der Waals surface area contributed by atoms with Crippen LogP contribution in [-0.2, 0) is 14.3 Å². The smallest absolute Gasteiger partial charge is 0.410 e. The van der Waals surface area contributed by atoms with E-state index in [2.05, 4.69) is 29.5 Å². The van der Waals surface area contributed by atoms with Gasteiger partial charge in [-0.25, -0.2) is 9.79 Å². The normalized spacial score (nSPS) is 19.6. The molecular weight excluding hydrogens is 489 g/mol. The number of nitrogens with zero attached hydrogens (tertiary/aromatic N) is 3. The number of methoxy groups -OCH3 is 1. The van der Waals surface area contributed by atoms with E-state index >= 15 is 0 Å². The van der Waals surface area contributed by atoms with Crippen molar-refractivity contribution < 1.29 is 19.1 Å². The number of aliphatic imine (C=N–C) groups is 1. The third-order valence-electron chi connectivity index (χ3n) is 4.09. The summed E-state index contributed by atoms with van der Waals surface area (Å²) in [5.41, 5.74) is -0.552. The molecule has 0 spiro atoms. The summed E-state index contributed by atoms with van der Waals surface area (Å²) in [4.78, 5) is 31.8. The monoisotopic (exact) mass is 527 g/mol. The largest absolute Gasteiger partial charge is 0.444 e. The average molecular weight is 527 g/mol. The molecule has 0 bridgehead atoms. The summed E-state index contributed by atoms with van der Waals surface area (Å²) in [5.74, 6) is 0.856. The maximum atomic E-state index is 12.4. The molecule has 170 valence electrons. The molecule has 0 radical (unpaired) electrons. The Labute approximate surface area is 192 Å². The summed E-state index contributed by atoms with van der Waals surface area (Å²) in [5, 5.41) is 6.55. The first-order valence-electron chi connectivity index (χ1n) is 9.68. The van der Waals surface area contributed by atoms with Gasteiger partial charge in [0.15, 0.2) is 5.96 Å². The van der Waals surface area contributed by atoms with Crippen molar-refractivity contribution in [3.8, 4) is 0 Å². The highest BCUT2D eigenvalue weighted by molar-refractivity contribution is 14.0. The highest BCUT2D eigenvalue weighted by Crippen LogP contribution is 2.17. The number of hydrogen-bond donors (Lipinski definition) is 2. The Bertz CT molecular complexity index is 563. The highest BCUT2D eigenvalue weighted by atomic mass is 127. The number of halogens is 1. The number of guanidine groups is 1. The highest BCUT2D eigenvalue weighted by Gasteiger charge is 2.37. The zero-order valence-electron chi connectivity index (χ0n) is 18.9. The van der Waals surface area contributed by atoms with E-state index in [9.17, 15) is 9.59 Å². The number of nitrogens with one attached hydrogen (secondary N) is 2. The lowest BCUT2D eigenvalue weighted by atomic mass is 10.2. The van der Waals surface area contributed by atoms with Gasteiger partial charge >= 0.3 is 6.09 Å². The molecule has 0 saturated carbocycles. The van der Waals surface area contributed by atoms with Crippen LogP contribution < -0.4 is 10.6 Å². The average Bonchev–Trinajstić information content (AvgIpc) is 2.98. The van der Waals surface area contributed by atoms with Crippen LogP contribution in [0.4, 0.5) is 4.79 Å². The molecule has 9 nitrogen and oxygen atoms in total. The summed E-state index contributed by atoms with van der Waals surface area (Å²) in [7, 11) is 5.01. The molecular formula is C19H38IN5O4. The van der Waals surface area contributed by atoms with Crippen LogP contribution in [0.1, 0.15) is 34.6 Å². The van der Waals surface area contributed by atoms with E-state index in [1.54, 1.807) is 26.1 Å². The Morgan fingerprint density at radius 2 is 1.86 bits per heavy atom. The number of rotatable bonds is 6. The number of likely N-dealkylation sites (N-methyl/N-ethyl adjacent to an activating group) is 1. The van der Waals surface area contributed by atoms with Crippen LogP contribution in [0.15, 0.2) is 4.99 Å². The summed E-state index contributed by atoms with van der Waals surface area (Å²) in [6, 6.07) is -0.162. The molecule has 0 aromatic carbocycles. The van der Waals surface area contributed by atoms with Gasteiger partial charge < -0.3 is 29.9 Å². The van der Waals surface area contributed by atoms with Crippen molar-refractivity contribution in [1.29, 1.82) is 0 Å². The zero-order chi connectivity index (χ0) is 21.5. The fourth-order valence-electron chi connectivity index (χ4n) is 2.54. The Morgan fingerprint density at radius 1 is 1.24 bits per heavy atom. The number of likely N-dealkylation sites (tertiary alicyclic amines) is 1. The van der Waals surface area contributed by atoms with Gasteiger partial charge in [0.1, 0.15) is 12.1 Å². The lowest BCUT2D eigenvalue weighted by Gasteiger charge is -2.24. The fourth-order valence-corrected chi connectivity index (χ4v) is 2.54. The van der Waals surface area contributed by atoms with Gasteiger partial charge in [-0.15, -0.1) is 24.0 Å². The number of hydrogen-bond acceptors (Lipinski definition) is 5. The van der Waals surface area contributed by atoms with Crippen molar-refractivity contribution in [2.24, 2.45) is 10.9 Å². The van der Waals surface area contributed by atoms with Gasteiger partial charge in [-0.05, 0) is 26.7 Å². The second kappa shape index (κ2) is 12.4. The van der Waals surface area contributed by atoms with Crippen molar-refractivity contribution in [2.45, 2.75) is 52.4 Å². The predicted octanol–water partition coefficient (Wildman–Crippen LogP) is 1.52. The molecule has 29 heavy (non-hydrogen) atoms. The molecule has 1 aliphatic rings. The van der Waals surface area contributed by atoms with Crippen molar-refractivity contribution in [3.63, 3.8) is 0 Å². The molecule has 2 amide bonds. The summed E-state index contributed by atoms with van der Waals surface area (Å²) >= 11 is 0. The van der Waals surface area contributed by atoms with Crippen molar-refractivity contribution in [3.05, 3.63) is 0 Å². The van der Waals surface area contributed by atoms with Crippen molar-refractivity contribution in [1.82, 2.24) is 20.4 Å². The molecule has 0 aromatic heterocycles. The van der Waals surface area contributed by atoms with E-state index in [0.29, 0.717) is 31.5 Å². The second-order valence-corrected chi connectivity index (χ2v) is 8.64. The lowest BCUT2D eigenvalue weighted by Crippen LogP contribution is -2.50. The van der Waals surface area contributed by atoms with Gasteiger partial charge in [0.25, 0.3) is 0 Å². The summed E-state index contributed by atoms with van der Waals surface area (Å²) in [6.45, 7) is 11.3. The predicted molar refractivity (Wildman–Crippen MR) is 125 cm³/mol. The summed E-state index contributed by atoms with van der Waals surface area (Å²) < 4.78 is 11.0. The van der Waals surface area contributed by atoms with E-state index < -0.39 is 5.60 Å². The topological polar surface area (TPSA) is 95.5 Å². The number of ether oxygens (including phenoxy) is 2. The minimum atomic E-state index is -0.552. The quantitative estimate of drug-likeness (QED) is 0.309. The molecule has 0 aromatic rings. The SMILES string of the molecule is CO[C@H]1CN(C(=O)OC(C)(C)C)CC1NC(=NCC(=O)N(C)C)NCC(C)C.I. The van der Waals surface area contributed by atoms with Crippen molar-refractivity contribution in [2.75, 3.05) is 47.4 Å². The molecule has 1 unspecified atom stereocenters. The van der Waals surface area contributed by atoms with Crippen molar-refractivity contribution >= 4 is 41.9 Å². The minimum Gasteiger partial charge on any atom is -0.444 e. The van der Waals surface area contributed by atoms with Crippen LogP contribution in [0, 0.1) is 5.92 Å². The van der Waals surface area contributed by atoms with Gasteiger partial charge in [-0.1, -0.05) is 13.8 Å². The molecule has 2 atom stereocenters. The Hall–Kier alpha value is -1.30. The van der Waals surface area contributed by atoms with E-state index in [-0.39, 0.29) is 54.7 Å². The molecule has 10 heteroatoms. The maximum Gasteiger partial charge on any atom is 0.410 e. The summed E-state index contributed by atoms with van der Waals surface area (Å²) in [6.07, 6.45) is -0.571. The first-order valence-corrected chi connectivity index (χ1v) is 9.68. The standard InChI is InChI=1S/C19H37N5O4.HI/c1-13(2)9-20-17(21-10-16(25)23(6)7)22-14-11-24(12-15(14)27-8)18(26)28-19(3,4)5;/h13-15H,9-12H2,1-8H3,(H2,20,21,22);1H/t14?,15-;/m0./s1. The van der Waals surface area contributed by atoms with E-state index in [4.69, 9.17) is 9.47 Å². The minimum absolute atomic E-state index is 0. The van der Waals surface area contributed by atoms with E-state index in [0.717, 1.165) is 0 Å². The first-order chi connectivity index (χ1) is 12.9. The molecule has 1 saturated heterocycles. The molecule has 1 heterocycles. The van der Waals surface area contributed by atoms with Crippen LogP contribution >= 0.6 is 24.0 Å². The third-order valence-corrected chi connectivity index (χ3v) is 4.09. The van der Waals surface area contributed by atoms with Gasteiger partial charge in [0.05, 0.1) is 18.7 Å². The Balaban J connectivity index is 0.00000784. The Morgan fingerprint density at radius 3 is 2.34 bits per heavy atom. The van der Waals surface area contributed by atoms with Gasteiger partial charge in [-0.3, -0.25) is 4.79 Å². The molecule has 0 aliphatic carbocycles. The van der Waals surface area contributed by atoms with Crippen LogP contribution in [-0.4, -0.2) is 92.9 Å². The van der Waals surface area contributed by atoms with Crippen LogP contribution in [0.25, 0.3) is 0 Å². The zero-order valence-corrected chi connectivity index (χ0v) is 21.3. The third kappa shape index (κ3) is 10.3. The number of carbonyl (C=O) groups is 2. The lowest BCUT2D eigenvalue weighted by molar-refractivity contribution is -0.127. The van der Waals surface area contributed by atoms with E-state index in [1.807, 2.05) is 20.8 Å². The second-order valence-electron chi connectivity index (χ2n) is 8.64. The first kappa shape index (κ1) is 27.7. The van der Waals surface area contributed by atoms with Gasteiger partial charge in [0, 0.05) is 34.3 Å². The molecule has 1 fully saturated rings. The fraction of sp³-hybridized carbons (Fsp3) is 0.842.